The van der Waals surface area contributed by atoms with E-state index in [0.29, 0.717) is 0 Å². The molecule has 1 rings (SSSR count). The number of rotatable bonds is 0. The van der Waals surface area contributed by atoms with Gasteiger partial charge in [-0.1, -0.05) is 11.6 Å². The van der Waals surface area contributed by atoms with Gasteiger partial charge in [-0.15, -0.1) is 0 Å². The fourth-order valence-electron chi connectivity index (χ4n) is 0.600. The van der Waals surface area contributed by atoms with Gasteiger partial charge in [0.1, 0.15) is 0 Å². The average molecular weight is 179 g/mol. The topological polar surface area (TPSA) is 0 Å². The minimum Gasteiger partial charge on any atom is -0.155 e. The van der Waals surface area contributed by atoms with E-state index in [2.05, 4.69) is 6.07 Å². The molecule has 0 fully saturated rings. The Morgan fingerprint density at radius 3 is 2.25 bits per heavy atom. The summed E-state index contributed by atoms with van der Waals surface area (Å²) in [7, 11) is 2.26. The SMILES string of the molecule is [SiH3]c1cc(Cl)c([SiH3])s1. The molecule has 0 atom stereocenters. The first-order valence-electron chi connectivity index (χ1n) is 2.42. The first-order chi connectivity index (χ1) is 3.70. The normalized spacial score (nSPS) is 10.6. The number of hydrogen-bond acceptors (Lipinski definition) is 1. The highest BCUT2D eigenvalue weighted by Crippen LogP contribution is 2.03. The van der Waals surface area contributed by atoms with Gasteiger partial charge in [-0.2, -0.15) is 11.3 Å². The standard InChI is InChI=1S/C4H7ClSSi2/c5-2-1-3(7)6-4(2)8/h1H,7-8H3. The molecule has 0 unspecified atom stereocenters. The molecule has 1 aromatic heterocycles. The van der Waals surface area contributed by atoms with Gasteiger partial charge in [0.05, 0.1) is 20.5 Å². The Morgan fingerprint density at radius 2 is 2.12 bits per heavy atom. The molecule has 0 amide bonds. The number of halogens is 1. The Morgan fingerprint density at radius 1 is 1.50 bits per heavy atom. The Hall–Kier alpha value is 0.424. The van der Waals surface area contributed by atoms with E-state index in [4.69, 9.17) is 11.6 Å². The smallest absolute Gasteiger partial charge is 0.0533 e. The van der Waals surface area contributed by atoms with Gasteiger partial charge in [-0.3, -0.25) is 0 Å². The lowest BCUT2D eigenvalue weighted by Gasteiger charge is -1.77. The Balaban J connectivity index is 3.14. The quantitative estimate of drug-likeness (QED) is 0.420. The molecule has 0 saturated carbocycles. The molecule has 44 valence electrons. The summed E-state index contributed by atoms with van der Waals surface area (Å²) in [4.78, 5) is 0. The lowest BCUT2D eigenvalue weighted by molar-refractivity contribution is 2.11. The van der Waals surface area contributed by atoms with Gasteiger partial charge < -0.3 is 0 Å². The molecule has 0 aliphatic rings. The van der Waals surface area contributed by atoms with Crippen molar-refractivity contribution in [1.29, 1.82) is 0 Å². The highest BCUT2D eigenvalue weighted by molar-refractivity contribution is 7.27. The zero-order chi connectivity index (χ0) is 6.15. The molecular weight excluding hydrogens is 172 g/mol. The van der Waals surface area contributed by atoms with Gasteiger partial charge in [-0.25, -0.2) is 0 Å². The zero-order valence-corrected chi connectivity index (χ0v) is 10.4. The largest absolute Gasteiger partial charge is 0.155 e. The second-order valence-electron chi connectivity index (χ2n) is 1.76. The van der Waals surface area contributed by atoms with E-state index >= 15 is 0 Å². The molecule has 8 heavy (non-hydrogen) atoms. The summed E-state index contributed by atoms with van der Waals surface area (Å²) in [5.41, 5.74) is 0. The van der Waals surface area contributed by atoms with E-state index in [1.807, 2.05) is 11.3 Å². The van der Waals surface area contributed by atoms with Crippen molar-refractivity contribution in [3.63, 3.8) is 0 Å². The molecule has 4 heteroatoms. The van der Waals surface area contributed by atoms with E-state index in [1.54, 1.807) is 0 Å². The molecule has 1 aromatic rings. The summed E-state index contributed by atoms with van der Waals surface area (Å²) >= 11 is 7.66. The van der Waals surface area contributed by atoms with Crippen LogP contribution in [-0.2, 0) is 0 Å². The van der Waals surface area contributed by atoms with Crippen LogP contribution in [0.25, 0.3) is 0 Å². The van der Waals surface area contributed by atoms with Gasteiger partial charge in [0.2, 0.25) is 0 Å². The van der Waals surface area contributed by atoms with E-state index < -0.39 is 0 Å². The van der Waals surface area contributed by atoms with Crippen LogP contribution >= 0.6 is 22.9 Å². The Kier molecular flexibility index (Phi) is 1.92. The monoisotopic (exact) mass is 178 g/mol. The second-order valence-corrected chi connectivity index (χ2v) is 7.16. The molecule has 0 spiro atoms. The summed E-state index contributed by atoms with van der Waals surface area (Å²) in [6.07, 6.45) is 0. The Bertz CT molecular complexity index is 176. The summed E-state index contributed by atoms with van der Waals surface area (Å²) in [5, 5.41) is 0.992. The predicted octanol–water partition coefficient (Wildman–Crippen LogP) is -1.62. The molecule has 0 radical (unpaired) electrons. The lowest BCUT2D eigenvalue weighted by atomic mass is 10.7. The van der Waals surface area contributed by atoms with Crippen molar-refractivity contribution in [3.05, 3.63) is 11.1 Å². The summed E-state index contributed by atoms with van der Waals surface area (Å²) in [5.74, 6) is 0. The second kappa shape index (κ2) is 2.35. The summed E-state index contributed by atoms with van der Waals surface area (Å²) < 4.78 is 2.84. The fraction of sp³-hybridized carbons (Fsp3) is 0. The van der Waals surface area contributed by atoms with Crippen molar-refractivity contribution in [2.75, 3.05) is 0 Å². The number of hydrogen-bond donors (Lipinski definition) is 0. The minimum absolute atomic E-state index is 0.992. The molecule has 0 aromatic carbocycles. The minimum atomic E-state index is 0.992. The van der Waals surface area contributed by atoms with Crippen LogP contribution < -0.4 is 9.00 Å². The molecule has 0 nitrogen and oxygen atoms in total. The fourth-order valence-corrected chi connectivity index (χ4v) is 5.49. The third-order valence-electron chi connectivity index (χ3n) is 0.980. The van der Waals surface area contributed by atoms with Crippen molar-refractivity contribution >= 4 is 52.4 Å². The third-order valence-corrected chi connectivity index (χ3v) is 4.82. The van der Waals surface area contributed by atoms with Crippen LogP contribution in [0.5, 0.6) is 0 Å². The third kappa shape index (κ3) is 1.22. The van der Waals surface area contributed by atoms with Crippen molar-refractivity contribution in [2.24, 2.45) is 0 Å². The first-order valence-corrected chi connectivity index (χ1v) is 5.62. The molecule has 0 N–H and O–H groups in total. The molecule has 0 aliphatic carbocycles. The van der Waals surface area contributed by atoms with Gasteiger partial charge in [0.15, 0.2) is 0 Å². The van der Waals surface area contributed by atoms with Crippen molar-refractivity contribution in [2.45, 2.75) is 0 Å². The molecule has 1 heterocycles. The van der Waals surface area contributed by atoms with Crippen LogP contribution in [0.15, 0.2) is 6.07 Å². The van der Waals surface area contributed by atoms with E-state index in [-0.39, 0.29) is 0 Å². The molecule has 0 bridgehead atoms. The number of thiophene rings is 1. The van der Waals surface area contributed by atoms with Crippen LogP contribution in [0.1, 0.15) is 0 Å². The lowest BCUT2D eigenvalue weighted by Crippen LogP contribution is -1.95. The van der Waals surface area contributed by atoms with Crippen LogP contribution in [0, 0.1) is 0 Å². The van der Waals surface area contributed by atoms with Crippen LogP contribution in [0.3, 0.4) is 0 Å². The summed E-state index contributed by atoms with van der Waals surface area (Å²) in [6, 6.07) is 2.08. The van der Waals surface area contributed by atoms with Gasteiger partial charge >= 0.3 is 0 Å². The maximum Gasteiger partial charge on any atom is 0.0533 e. The van der Waals surface area contributed by atoms with E-state index in [1.165, 1.54) is 9.00 Å². The molecule has 0 aliphatic heterocycles. The molecular formula is C4H7ClSSi2. The highest BCUT2D eigenvalue weighted by atomic mass is 35.5. The summed E-state index contributed by atoms with van der Waals surface area (Å²) in [6.45, 7) is 0. The van der Waals surface area contributed by atoms with E-state index in [0.717, 1.165) is 25.5 Å². The van der Waals surface area contributed by atoms with Crippen molar-refractivity contribution in [1.82, 2.24) is 0 Å². The average Bonchev–Trinajstić information content (AvgIpc) is 1.85. The molecule has 0 saturated heterocycles. The van der Waals surface area contributed by atoms with Crippen LogP contribution in [0.2, 0.25) is 5.02 Å². The maximum absolute atomic E-state index is 5.80. The van der Waals surface area contributed by atoms with Gasteiger partial charge in [0.25, 0.3) is 0 Å². The van der Waals surface area contributed by atoms with Crippen molar-refractivity contribution in [3.8, 4) is 0 Å². The van der Waals surface area contributed by atoms with E-state index in [9.17, 15) is 0 Å². The Labute approximate surface area is 63.7 Å². The van der Waals surface area contributed by atoms with Crippen LogP contribution in [0.4, 0.5) is 0 Å². The van der Waals surface area contributed by atoms with Crippen LogP contribution in [-0.4, -0.2) is 20.5 Å². The zero-order valence-electron chi connectivity index (χ0n) is 4.86. The first kappa shape index (κ1) is 6.54. The maximum atomic E-state index is 5.80. The highest BCUT2D eigenvalue weighted by Gasteiger charge is 1.95. The van der Waals surface area contributed by atoms with Gasteiger partial charge in [0, 0.05) is 5.02 Å². The predicted molar refractivity (Wildman–Crippen MR) is 48.5 cm³/mol. The van der Waals surface area contributed by atoms with Crippen molar-refractivity contribution < 1.29 is 0 Å². The van der Waals surface area contributed by atoms with Gasteiger partial charge in [-0.05, 0) is 15.1 Å².